The van der Waals surface area contributed by atoms with Gasteiger partial charge in [-0.15, -0.1) is 0 Å². The largest absolute Gasteiger partial charge is 0.384 e. The average Bonchev–Trinajstić information content (AvgIpc) is 2.29. The molecule has 2 rings (SSSR count). The Hall–Kier alpha value is -2.32. The molecule has 0 amide bonds. The van der Waals surface area contributed by atoms with Crippen molar-refractivity contribution < 1.29 is 0 Å². The monoisotopic (exact) mass is 245 g/mol. The van der Waals surface area contributed by atoms with Gasteiger partial charge in [0.05, 0.1) is 11.3 Å². The molecule has 84 valence electrons. The summed E-state index contributed by atoms with van der Waals surface area (Å²) in [5.41, 5.74) is 6.59. The zero-order valence-corrected chi connectivity index (χ0v) is 9.44. The summed E-state index contributed by atoms with van der Waals surface area (Å²) in [5, 5.41) is 12.5. The number of benzene rings is 1. The zero-order chi connectivity index (χ0) is 12.3. The SMILES string of the molecule is N#Cc1ccc(Cl)cc1Nc1cc(N)ncn1. The predicted octanol–water partition coefficient (Wildman–Crippen LogP) is 2.33. The molecule has 17 heavy (non-hydrogen) atoms. The molecule has 6 heteroatoms. The second-order valence-corrected chi connectivity index (χ2v) is 3.69. The lowest BCUT2D eigenvalue weighted by molar-refractivity contribution is 1.17. The van der Waals surface area contributed by atoms with E-state index in [0.29, 0.717) is 27.9 Å². The van der Waals surface area contributed by atoms with Gasteiger partial charge in [0.15, 0.2) is 0 Å². The number of nitrogens with zero attached hydrogens (tertiary/aromatic N) is 3. The molecular weight excluding hydrogens is 238 g/mol. The third kappa shape index (κ3) is 2.62. The summed E-state index contributed by atoms with van der Waals surface area (Å²) >= 11 is 5.86. The maximum absolute atomic E-state index is 8.95. The molecule has 0 aliphatic carbocycles. The third-order valence-electron chi connectivity index (χ3n) is 2.05. The van der Waals surface area contributed by atoms with Crippen LogP contribution in [0, 0.1) is 11.3 Å². The average molecular weight is 246 g/mol. The molecule has 0 saturated heterocycles. The van der Waals surface area contributed by atoms with Crippen molar-refractivity contribution in [3.63, 3.8) is 0 Å². The normalized spacial score (nSPS) is 9.65. The second kappa shape index (κ2) is 4.68. The summed E-state index contributed by atoms with van der Waals surface area (Å²) in [6.07, 6.45) is 1.34. The highest BCUT2D eigenvalue weighted by Gasteiger charge is 2.04. The van der Waals surface area contributed by atoms with Crippen molar-refractivity contribution in [1.29, 1.82) is 5.26 Å². The number of anilines is 3. The summed E-state index contributed by atoms with van der Waals surface area (Å²) in [7, 11) is 0. The fourth-order valence-corrected chi connectivity index (χ4v) is 1.47. The zero-order valence-electron chi connectivity index (χ0n) is 8.68. The lowest BCUT2D eigenvalue weighted by Gasteiger charge is -2.07. The lowest BCUT2D eigenvalue weighted by atomic mass is 10.2. The Balaban J connectivity index is 2.36. The van der Waals surface area contributed by atoms with Crippen molar-refractivity contribution in [1.82, 2.24) is 9.97 Å². The summed E-state index contributed by atoms with van der Waals surface area (Å²) in [4.78, 5) is 7.76. The van der Waals surface area contributed by atoms with E-state index in [1.807, 2.05) is 0 Å². The minimum absolute atomic E-state index is 0.350. The van der Waals surface area contributed by atoms with Crippen LogP contribution in [0.3, 0.4) is 0 Å². The second-order valence-electron chi connectivity index (χ2n) is 3.25. The number of nitrogen functional groups attached to an aromatic ring is 1. The molecule has 0 aliphatic rings. The van der Waals surface area contributed by atoms with Gasteiger partial charge in [-0.3, -0.25) is 0 Å². The number of halogens is 1. The van der Waals surface area contributed by atoms with Crippen LogP contribution >= 0.6 is 11.6 Å². The highest BCUT2D eigenvalue weighted by Crippen LogP contribution is 2.23. The molecule has 0 atom stereocenters. The Morgan fingerprint density at radius 2 is 2.12 bits per heavy atom. The van der Waals surface area contributed by atoms with E-state index in [-0.39, 0.29) is 0 Å². The molecule has 3 N–H and O–H groups in total. The first-order valence-corrected chi connectivity index (χ1v) is 5.11. The van der Waals surface area contributed by atoms with E-state index in [2.05, 4.69) is 21.4 Å². The number of hydrogen-bond acceptors (Lipinski definition) is 5. The lowest BCUT2D eigenvalue weighted by Crippen LogP contribution is -1.98. The Morgan fingerprint density at radius 1 is 1.29 bits per heavy atom. The van der Waals surface area contributed by atoms with E-state index in [0.717, 1.165) is 0 Å². The smallest absolute Gasteiger partial charge is 0.135 e. The van der Waals surface area contributed by atoms with E-state index in [4.69, 9.17) is 22.6 Å². The van der Waals surface area contributed by atoms with Crippen molar-refractivity contribution in [3.05, 3.63) is 41.2 Å². The fraction of sp³-hybridized carbons (Fsp3) is 0. The van der Waals surface area contributed by atoms with Crippen molar-refractivity contribution in [3.8, 4) is 6.07 Å². The fourth-order valence-electron chi connectivity index (χ4n) is 1.30. The van der Waals surface area contributed by atoms with Crippen molar-refractivity contribution in [2.75, 3.05) is 11.1 Å². The molecule has 2 aromatic rings. The van der Waals surface area contributed by atoms with E-state index < -0.39 is 0 Å². The predicted molar refractivity (Wildman–Crippen MR) is 65.9 cm³/mol. The van der Waals surface area contributed by atoms with Crippen LogP contribution in [0.25, 0.3) is 0 Å². The first-order chi connectivity index (χ1) is 8.19. The Labute approximate surface area is 103 Å². The van der Waals surface area contributed by atoms with Crippen LogP contribution < -0.4 is 11.1 Å². The first-order valence-electron chi connectivity index (χ1n) is 4.73. The topological polar surface area (TPSA) is 87.6 Å². The van der Waals surface area contributed by atoms with E-state index in [1.54, 1.807) is 24.3 Å². The van der Waals surface area contributed by atoms with Gasteiger partial charge in [-0.05, 0) is 18.2 Å². The van der Waals surface area contributed by atoms with Crippen LogP contribution in [0.4, 0.5) is 17.3 Å². The Bertz CT molecular complexity index is 591. The van der Waals surface area contributed by atoms with Crippen LogP contribution in [-0.4, -0.2) is 9.97 Å². The quantitative estimate of drug-likeness (QED) is 0.848. The standard InChI is InChI=1S/C11H8ClN5/c12-8-2-1-7(5-13)9(3-8)17-11-4-10(14)15-6-16-11/h1-4,6H,(H3,14,15,16,17). The highest BCUT2D eigenvalue weighted by atomic mass is 35.5. The Morgan fingerprint density at radius 3 is 2.82 bits per heavy atom. The molecule has 0 saturated carbocycles. The number of aromatic nitrogens is 2. The molecule has 1 heterocycles. The molecule has 0 aliphatic heterocycles. The van der Waals surface area contributed by atoms with Gasteiger partial charge in [0.1, 0.15) is 24.0 Å². The van der Waals surface area contributed by atoms with Gasteiger partial charge in [-0.1, -0.05) is 11.6 Å². The maximum Gasteiger partial charge on any atom is 0.135 e. The summed E-state index contributed by atoms with van der Waals surface area (Å²) < 4.78 is 0. The summed E-state index contributed by atoms with van der Waals surface area (Å²) in [6, 6.07) is 8.57. The minimum Gasteiger partial charge on any atom is -0.384 e. The first kappa shape index (κ1) is 11.2. The van der Waals surface area contributed by atoms with Crippen LogP contribution in [0.15, 0.2) is 30.6 Å². The highest BCUT2D eigenvalue weighted by molar-refractivity contribution is 6.30. The van der Waals surface area contributed by atoms with Gasteiger partial charge in [0.2, 0.25) is 0 Å². The van der Waals surface area contributed by atoms with Crippen LogP contribution in [0.5, 0.6) is 0 Å². The van der Waals surface area contributed by atoms with E-state index in [1.165, 1.54) is 6.33 Å². The van der Waals surface area contributed by atoms with Gasteiger partial charge in [0, 0.05) is 11.1 Å². The molecule has 0 fully saturated rings. The van der Waals surface area contributed by atoms with Crippen molar-refractivity contribution in [2.45, 2.75) is 0 Å². The summed E-state index contributed by atoms with van der Waals surface area (Å²) in [5.74, 6) is 0.860. The maximum atomic E-state index is 8.95. The number of nitrogens with two attached hydrogens (primary N) is 1. The van der Waals surface area contributed by atoms with Gasteiger partial charge < -0.3 is 11.1 Å². The number of rotatable bonds is 2. The minimum atomic E-state index is 0.350. The molecule has 0 bridgehead atoms. The molecule has 1 aromatic heterocycles. The van der Waals surface area contributed by atoms with Crippen LogP contribution in [0.2, 0.25) is 5.02 Å². The molecule has 5 nitrogen and oxygen atoms in total. The van der Waals surface area contributed by atoms with Gasteiger partial charge in [0.25, 0.3) is 0 Å². The third-order valence-corrected chi connectivity index (χ3v) is 2.29. The van der Waals surface area contributed by atoms with E-state index >= 15 is 0 Å². The van der Waals surface area contributed by atoms with Crippen molar-refractivity contribution >= 4 is 28.9 Å². The number of hydrogen-bond donors (Lipinski definition) is 2. The summed E-state index contributed by atoms with van der Waals surface area (Å²) in [6.45, 7) is 0. The number of nitrogens with one attached hydrogen (secondary N) is 1. The molecule has 0 radical (unpaired) electrons. The van der Waals surface area contributed by atoms with Crippen LogP contribution in [0.1, 0.15) is 5.56 Å². The van der Waals surface area contributed by atoms with Crippen molar-refractivity contribution in [2.24, 2.45) is 0 Å². The van der Waals surface area contributed by atoms with Gasteiger partial charge >= 0.3 is 0 Å². The van der Waals surface area contributed by atoms with Crippen LogP contribution in [-0.2, 0) is 0 Å². The van der Waals surface area contributed by atoms with E-state index in [9.17, 15) is 0 Å². The molecule has 0 spiro atoms. The van der Waals surface area contributed by atoms with Gasteiger partial charge in [-0.2, -0.15) is 5.26 Å². The molecular formula is C11H8ClN5. The van der Waals surface area contributed by atoms with Gasteiger partial charge in [-0.25, -0.2) is 9.97 Å². The molecule has 1 aromatic carbocycles. The Kier molecular flexibility index (Phi) is 3.08. The number of nitriles is 1. The molecule has 0 unspecified atom stereocenters.